The number of nitrogens with zero attached hydrogens (tertiary/aromatic N) is 2. The average Bonchev–Trinajstić information content (AvgIpc) is 2.41. The molecular formula is C19H40N2. The molecule has 21 heavy (non-hydrogen) atoms. The van der Waals surface area contributed by atoms with Gasteiger partial charge in [0.1, 0.15) is 0 Å². The lowest BCUT2D eigenvalue weighted by molar-refractivity contribution is 0.107. The van der Waals surface area contributed by atoms with Crippen molar-refractivity contribution < 1.29 is 0 Å². The van der Waals surface area contributed by atoms with E-state index in [0.717, 1.165) is 12.1 Å². The standard InChI is InChI=1S/C19H40N2/c1-17(2)21-15-11-18(12-16-21)20(6)14-10-8-7-9-13-19(3,4)5/h17-18H,7-16H2,1-6H3. The molecular weight excluding hydrogens is 256 g/mol. The summed E-state index contributed by atoms with van der Waals surface area (Å²) in [6.45, 7) is 15.6. The summed E-state index contributed by atoms with van der Waals surface area (Å²) < 4.78 is 0. The quantitative estimate of drug-likeness (QED) is 0.594. The second-order valence-corrected chi connectivity index (χ2v) is 8.57. The Hall–Kier alpha value is -0.0800. The van der Waals surface area contributed by atoms with Crippen molar-refractivity contribution >= 4 is 0 Å². The summed E-state index contributed by atoms with van der Waals surface area (Å²) in [4.78, 5) is 5.25. The van der Waals surface area contributed by atoms with Crippen molar-refractivity contribution in [3.8, 4) is 0 Å². The van der Waals surface area contributed by atoms with Crippen molar-refractivity contribution in [2.45, 2.75) is 91.6 Å². The number of hydrogen-bond acceptors (Lipinski definition) is 2. The minimum absolute atomic E-state index is 0.515. The van der Waals surface area contributed by atoms with E-state index < -0.39 is 0 Å². The highest BCUT2D eigenvalue weighted by molar-refractivity contribution is 4.79. The second kappa shape index (κ2) is 9.15. The molecule has 126 valence electrons. The summed E-state index contributed by atoms with van der Waals surface area (Å²) in [6, 6.07) is 1.55. The molecule has 0 unspecified atom stereocenters. The molecule has 0 amide bonds. The third kappa shape index (κ3) is 8.21. The Morgan fingerprint density at radius 1 is 1.00 bits per heavy atom. The van der Waals surface area contributed by atoms with E-state index >= 15 is 0 Å². The van der Waals surface area contributed by atoms with E-state index in [4.69, 9.17) is 0 Å². The molecule has 0 saturated carbocycles. The van der Waals surface area contributed by atoms with Crippen molar-refractivity contribution in [3.05, 3.63) is 0 Å². The maximum absolute atomic E-state index is 2.63. The zero-order valence-electron chi connectivity index (χ0n) is 15.6. The van der Waals surface area contributed by atoms with Crippen molar-refractivity contribution in [1.82, 2.24) is 9.80 Å². The molecule has 0 spiro atoms. The monoisotopic (exact) mass is 296 g/mol. The van der Waals surface area contributed by atoms with Crippen LogP contribution >= 0.6 is 0 Å². The third-order valence-electron chi connectivity index (χ3n) is 5.04. The van der Waals surface area contributed by atoms with Gasteiger partial charge in [-0.05, 0) is 71.6 Å². The molecule has 2 nitrogen and oxygen atoms in total. The van der Waals surface area contributed by atoms with E-state index in [9.17, 15) is 0 Å². The normalized spacial score (nSPS) is 18.9. The second-order valence-electron chi connectivity index (χ2n) is 8.57. The van der Waals surface area contributed by atoms with Crippen molar-refractivity contribution in [1.29, 1.82) is 0 Å². The van der Waals surface area contributed by atoms with Gasteiger partial charge in [0, 0.05) is 12.1 Å². The van der Waals surface area contributed by atoms with Crippen LogP contribution < -0.4 is 0 Å². The summed E-state index contributed by atoms with van der Waals surface area (Å²) in [5.74, 6) is 0. The highest BCUT2D eigenvalue weighted by Gasteiger charge is 2.23. The van der Waals surface area contributed by atoms with Crippen LogP contribution in [0.3, 0.4) is 0 Å². The van der Waals surface area contributed by atoms with Crippen molar-refractivity contribution in [2.24, 2.45) is 5.41 Å². The molecule has 1 heterocycles. The minimum atomic E-state index is 0.515. The van der Waals surface area contributed by atoms with E-state index in [2.05, 4.69) is 51.5 Å². The van der Waals surface area contributed by atoms with Gasteiger partial charge in [0.05, 0.1) is 0 Å². The molecule has 0 aromatic rings. The van der Waals surface area contributed by atoms with Gasteiger partial charge in [-0.1, -0.05) is 40.0 Å². The first-order chi connectivity index (χ1) is 9.79. The lowest BCUT2D eigenvalue weighted by Gasteiger charge is -2.38. The Balaban J connectivity index is 2.05. The molecule has 1 rings (SSSR count). The van der Waals surface area contributed by atoms with Crippen LogP contribution in [0.4, 0.5) is 0 Å². The fourth-order valence-corrected chi connectivity index (χ4v) is 3.40. The molecule has 0 aromatic carbocycles. The van der Waals surface area contributed by atoms with Crippen LogP contribution in [-0.4, -0.2) is 48.6 Å². The first-order valence-electron chi connectivity index (χ1n) is 9.24. The van der Waals surface area contributed by atoms with Gasteiger partial charge in [-0.15, -0.1) is 0 Å². The summed E-state index contributed by atoms with van der Waals surface area (Å²) in [5.41, 5.74) is 0.515. The van der Waals surface area contributed by atoms with Crippen LogP contribution in [0.15, 0.2) is 0 Å². The number of unbranched alkanes of at least 4 members (excludes halogenated alkanes) is 3. The summed E-state index contributed by atoms with van der Waals surface area (Å²) >= 11 is 0. The van der Waals surface area contributed by atoms with Crippen molar-refractivity contribution in [3.63, 3.8) is 0 Å². The predicted octanol–water partition coefficient (Wildman–Crippen LogP) is 4.79. The Bertz CT molecular complexity index is 259. The number of piperidine rings is 1. The Morgan fingerprint density at radius 3 is 2.10 bits per heavy atom. The van der Waals surface area contributed by atoms with Crippen LogP contribution in [0, 0.1) is 5.41 Å². The highest BCUT2D eigenvalue weighted by atomic mass is 15.2. The Kier molecular flexibility index (Phi) is 8.26. The van der Waals surface area contributed by atoms with E-state index in [1.165, 1.54) is 64.6 Å². The molecule has 2 heteroatoms. The molecule has 1 fully saturated rings. The smallest absolute Gasteiger partial charge is 0.0117 e. The largest absolute Gasteiger partial charge is 0.303 e. The molecule has 0 bridgehead atoms. The summed E-state index contributed by atoms with van der Waals surface area (Å²) in [6.07, 6.45) is 9.70. The summed E-state index contributed by atoms with van der Waals surface area (Å²) in [5, 5.41) is 0. The third-order valence-corrected chi connectivity index (χ3v) is 5.04. The van der Waals surface area contributed by atoms with Gasteiger partial charge in [0.2, 0.25) is 0 Å². The minimum Gasteiger partial charge on any atom is -0.303 e. The molecule has 0 atom stereocenters. The van der Waals surface area contributed by atoms with Crippen LogP contribution in [0.2, 0.25) is 0 Å². The number of rotatable bonds is 8. The van der Waals surface area contributed by atoms with E-state index in [1.807, 2.05) is 0 Å². The van der Waals surface area contributed by atoms with Gasteiger partial charge in [0.25, 0.3) is 0 Å². The Labute approximate surface area is 134 Å². The maximum atomic E-state index is 2.63. The van der Waals surface area contributed by atoms with E-state index in [-0.39, 0.29) is 0 Å². The van der Waals surface area contributed by atoms with Gasteiger partial charge in [-0.3, -0.25) is 0 Å². The molecule has 1 aliphatic rings. The molecule has 1 aliphatic heterocycles. The molecule has 0 N–H and O–H groups in total. The lowest BCUT2D eigenvalue weighted by Crippen LogP contribution is -2.45. The topological polar surface area (TPSA) is 6.48 Å². The fraction of sp³-hybridized carbons (Fsp3) is 1.00. The zero-order chi connectivity index (χ0) is 15.9. The fourth-order valence-electron chi connectivity index (χ4n) is 3.40. The SMILES string of the molecule is CC(C)N1CCC(N(C)CCCCCCC(C)(C)C)CC1. The molecule has 0 aliphatic carbocycles. The molecule has 0 aromatic heterocycles. The van der Waals surface area contributed by atoms with Gasteiger partial charge >= 0.3 is 0 Å². The van der Waals surface area contributed by atoms with Gasteiger partial charge in [-0.25, -0.2) is 0 Å². The lowest BCUT2D eigenvalue weighted by atomic mass is 9.89. The van der Waals surface area contributed by atoms with Crippen LogP contribution in [-0.2, 0) is 0 Å². The Morgan fingerprint density at radius 2 is 1.57 bits per heavy atom. The average molecular weight is 297 g/mol. The van der Waals surface area contributed by atoms with Gasteiger partial charge in [0.15, 0.2) is 0 Å². The number of likely N-dealkylation sites (tertiary alicyclic amines) is 1. The van der Waals surface area contributed by atoms with Crippen molar-refractivity contribution in [2.75, 3.05) is 26.7 Å². The maximum Gasteiger partial charge on any atom is 0.0117 e. The molecule has 1 saturated heterocycles. The first-order valence-corrected chi connectivity index (χ1v) is 9.24. The first kappa shape index (κ1) is 19.0. The van der Waals surface area contributed by atoms with E-state index in [0.29, 0.717) is 5.41 Å². The van der Waals surface area contributed by atoms with Gasteiger partial charge in [-0.2, -0.15) is 0 Å². The zero-order valence-corrected chi connectivity index (χ0v) is 15.6. The van der Waals surface area contributed by atoms with Crippen LogP contribution in [0.5, 0.6) is 0 Å². The van der Waals surface area contributed by atoms with Crippen LogP contribution in [0.25, 0.3) is 0 Å². The highest BCUT2D eigenvalue weighted by Crippen LogP contribution is 2.22. The van der Waals surface area contributed by atoms with E-state index in [1.54, 1.807) is 0 Å². The van der Waals surface area contributed by atoms with Gasteiger partial charge < -0.3 is 9.80 Å². The molecule has 0 radical (unpaired) electrons. The summed E-state index contributed by atoms with van der Waals surface area (Å²) in [7, 11) is 2.34. The predicted molar refractivity (Wildman–Crippen MR) is 94.9 cm³/mol. The number of hydrogen-bond donors (Lipinski definition) is 0. The van der Waals surface area contributed by atoms with Crippen LogP contribution in [0.1, 0.15) is 79.6 Å².